The lowest BCUT2D eigenvalue weighted by Gasteiger charge is -2.14. The maximum atomic E-state index is 12.0. The van der Waals surface area contributed by atoms with Gasteiger partial charge in [-0.3, -0.25) is 0 Å². The molecule has 0 aliphatic carbocycles. The Morgan fingerprint density at radius 1 is 1.17 bits per heavy atom. The molecule has 4 nitrogen and oxygen atoms in total. The van der Waals surface area contributed by atoms with Crippen LogP contribution in [0.3, 0.4) is 0 Å². The highest BCUT2D eigenvalue weighted by molar-refractivity contribution is 8.02. The smallest absolute Gasteiger partial charge is 0.216 e. The van der Waals surface area contributed by atoms with Crippen LogP contribution < -0.4 is 5.14 Å². The van der Waals surface area contributed by atoms with E-state index < -0.39 is 15.3 Å². The first-order valence-corrected chi connectivity index (χ1v) is 10.8. The van der Waals surface area contributed by atoms with Crippen molar-refractivity contribution in [3.8, 4) is 0 Å². The highest BCUT2D eigenvalue weighted by Gasteiger charge is 2.24. The molecule has 2 N–H and O–H groups in total. The molecule has 0 amide bonds. The van der Waals surface area contributed by atoms with Gasteiger partial charge in [0.1, 0.15) is 5.25 Å². The summed E-state index contributed by atoms with van der Waals surface area (Å²) in [6, 6.07) is 13.6. The summed E-state index contributed by atoms with van der Waals surface area (Å²) < 4.78 is 26.0. The molecule has 24 heavy (non-hydrogen) atoms. The van der Waals surface area contributed by atoms with Crippen LogP contribution in [0.5, 0.6) is 0 Å². The fourth-order valence-electron chi connectivity index (χ4n) is 2.48. The van der Waals surface area contributed by atoms with Crippen molar-refractivity contribution in [2.75, 3.05) is 5.75 Å². The number of hydrogen-bond acceptors (Lipinski definition) is 5. The van der Waals surface area contributed by atoms with Gasteiger partial charge in [-0.2, -0.15) is 0 Å². The van der Waals surface area contributed by atoms with E-state index in [9.17, 15) is 8.42 Å². The lowest BCUT2D eigenvalue weighted by molar-refractivity contribution is 0.588. The van der Waals surface area contributed by atoms with Crippen LogP contribution in [-0.2, 0) is 10.0 Å². The van der Waals surface area contributed by atoms with Gasteiger partial charge in [0.2, 0.25) is 10.0 Å². The van der Waals surface area contributed by atoms with Gasteiger partial charge in [-0.1, -0.05) is 47.7 Å². The van der Waals surface area contributed by atoms with Gasteiger partial charge in [0.15, 0.2) is 4.34 Å². The Bertz CT molecular complexity index is 980. The number of aryl methyl sites for hydroxylation is 2. The molecule has 3 aromatic rings. The van der Waals surface area contributed by atoms with Crippen molar-refractivity contribution in [2.24, 2.45) is 5.14 Å². The number of hydrogen-bond donors (Lipinski definition) is 1. The Labute approximate surface area is 150 Å². The number of thiazole rings is 1. The predicted octanol–water partition coefficient (Wildman–Crippen LogP) is 4.04. The summed E-state index contributed by atoms with van der Waals surface area (Å²) in [5.41, 5.74) is 3.85. The monoisotopic (exact) mass is 378 g/mol. The molecule has 1 unspecified atom stereocenters. The van der Waals surface area contributed by atoms with Gasteiger partial charge in [-0.05, 0) is 37.1 Å². The quantitative estimate of drug-likeness (QED) is 0.680. The summed E-state index contributed by atoms with van der Waals surface area (Å²) in [6.45, 7) is 3.97. The first-order chi connectivity index (χ1) is 11.3. The first-order valence-electron chi connectivity index (χ1n) is 7.41. The predicted molar refractivity (Wildman–Crippen MR) is 102 cm³/mol. The minimum atomic E-state index is -3.69. The average molecular weight is 379 g/mol. The van der Waals surface area contributed by atoms with Gasteiger partial charge in [0.25, 0.3) is 0 Å². The van der Waals surface area contributed by atoms with Crippen LogP contribution in [0.25, 0.3) is 10.2 Å². The van der Waals surface area contributed by atoms with E-state index in [0.29, 0.717) is 5.75 Å². The molecular formula is C17H18N2O2S3. The molecule has 0 aliphatic heterocycles. The number of fused-ring (bicyclic) bond motifs is 1. The molecule has 0 fully saturated rings. The highest BCUT2D eigenvalue weighted by Crippen LogP contribution is 2.34. The van der Waals surface area contributed by atoms with E-state index in [1.54, 1.807) is 11.3 Å². The number of nitrogens with zero attached hydrogens (tertiary/aromatic N) is 1. The standard InChI is InChI=1S/C17H18N2O2S3/c1-11-4-3-5-13(8-11)16(24(18,20)21)10-22-17-19-14-9-12(2)6-7-15(14)23-17/h3-9,16H,10H2,1-2H3,(H2,18,20,21). The van der Waals surface area contributed by atoms with Gasteiger partial charge >= 0.3 is 0 Å². The molecule has 0 radical (unpaired) electrons. The number of sulfonamides is 1. The largest absolute Gasteiger partial charge is 0.230 e. The summed E-state index contributed by atoms with van der Waals surface area (Å²) in [7, 11) is -3.69. The molecule has 0 bridgehead atoms. The molecule has 126 valence electrons. The zero-order valence-corrected chi connectivity index (χ0v) is 15.8. The van der Waals surface area contributed by atoms with E-state index in [1.165, 1.54) is 11.8 Å². The van der Waals surface area contributed by atoms with Crippen molar-refractivity contribution in [3.05, 3.63) is 59.2 Å². The van der Waals surface area contributed by atoms with Gasteiger partial charge < -0.3 is 0 Å². The van der Waals surface area contributed by atoms with E-state index in [0.717, 1.165) is 31.2 Å². The molecule has 2 aromatic carbocycles. The number of benzene rings is 2. The number of aromatic nitrogens is 1. The van der Waals surface area contributed by atoms with Gasteiger partial charge in [0, 0.05) is 5.75 Å². The lowest BCUT2D eigenvalue weighted by atomic mass is 10.1. The summed E-state index contributed by atoms with van der Waals surface area (Å²) in [4.78, 5) is 4.58. The molecule has 0 aliphatic rings. The Kier molecular flexibility index (Phi) is 4.96. The van der Waals surface area contributed by atoms with Gasteiger partial charge in [-0.15, -0.1) is 11.3 Å². The van der Waals surface area contributed by atoms with Crippen LogP contribution in [0.15, 0.2) is 46.8 Å². The minimum Gasteiger partial charge on any atom is -0.230 e. The molecule has 3 rings (SSSR count). The normalized spacial score (nSPS) is 13.3. The van der Waals surface area contributed by atoms with Crippen LogP contribution >= 0.6 is 23.1 Å². The Hall–Kier alpha value is -1.41. The van der Waals surface area contributed by atoms with Crippen molar-refractivity contribution < 1.29 is 8.42 Å². The second-order valence-corrected chi connectivity index (χ2v) is 9.80. The van der Waals surface area contributed by atoms with Crippen LogP contribution in [0.1, 0.15) is 21.9 Å². The molecule has 1 atom stereocenters. The summed E-state index contributed by atoms with van der Waals surface area (Å²) >= 11 is 3.01. The Morgan fingerprint density at radius 2 is 1.92 bits per heavy atom. The number of rotatable bonds is 5. The lowest BCUT2D eigenvalue weighted by Crippen LogP contribution is -2.23. The molecule has 1 heterocycles. The maximum absolute atomic E-state index is 12.0. The maximum Gasteiger partial charge on any atom is 0.216 e. The Morgan fingerprint density at radius 3 is 2.62 bits per heavy atom. The van der Waals surface area contributed by atoms with Crippen molar-refractivity contribution in [1.82, 2.24) is 4.98 Å². The summed E-state index contributed by atoms with van der Waals surface area (Å²) in [5, 5.41) is 4.72. The summed E-state index contributed by atoms with van der Waals surface area (Å²) in [5.74, 6) is 0.348. The van der Waals surface area contributed by atoms with Crippen molar-refractivity contribution in [2.45, 2.75) is 23.4 Å². The van der Waals surface area contributed by atoms with E-state index in [2.05, 4.69) is 11.1 Å². The first kappa shape index (κ1) is 17.4. The van der Waals surface area contributed by atoms with Crippen molar-refractivity contribution in [1.29, 1.82) is 0 Å². The fourth-order valence-corrected chi connectivity index (χ4v) is 6.00. The van der Waals surface area contributed by atoms with Crippen LogP contribution in [0.4, 0.5) is 0 Å². The Balaban J connectivity index is 1.85. The zero-order valence-electron chi connectivity index (χ0n) is 13.4. The topological polar surface area (TPSA) is 73.0 Å². The van der Waals surface area contributed by atoms with E-state index in [-0.39, 0.29) is 0 Å². The molecule has 0 saturated heterocycles. The van der Waals surface area contributed by atoms with Gasteiger partial charge in [0.05, 0.1) is 10.2 Å². The van der Waals surface area contributed by atoms with Crippen molar-refractivity contribution >= 4 is 43.3 Å². The molecule has 0 spiro atoms. The fraction of sp³-hybridized carbons (Fsp3) is 0.235. The van der Waals surface area contributed by atoms with Crippen LogP contribution in [0.2, 0.25) is 0 Å². The number of nitrogens with two attached hydrogens (primary N) is 1. The second kappa shape index (κ2) is 6.84. The van der Waals surface area contributed by atoms with Gasteiger partial charge in [-0.25, -0.2) is 18.5 Å². The highest BCUT2D eigenvalue weighted by atomic mass is 32.2. The van der Waals surface area contributed by atoms with Crippen molar-refractivity contribution in [3.63, 3.8) is 0 Å². The minimum absolute atomic E-state index is 0.348. The van der Waals surface area contributed by atoms with Crippen LogP contribution in [-0.4, -0.2) is 19.2 Å². The van der Waals surface area contributed by atoms with E-state index >= 15 is 0 Å². The van der Waals surface area contributed by atoms with E-state index in [4.69, 9.17) is 5.14 Å². The third-order valence-electron chi connectivity index (χ3n) is 3.69. The van der Waals surface area contributed by atoms with Crippen LogP contribution in [0, 0.1) is 13.8 Å². The third-order valence-corrected chi connectivity index (χ3v) is 7.41. The molecule has 0 saturated carbocycles. The number of thioether (sulfide) groups is 1. The molecular weight excluding hydrogens is 360 g/mol. The molecule has 7 heteroatoms. The van der Waals surface area contributed by atoms with E-state index in [1.807, 2.05) is 50.2 Å². The zero-order chi connectivity index (χ0) is 17.3. The summed E-state index contributed by atoms with van der Waals surface area (Å²) in [6.07, 6.45) is 0. The second-order valence-electron chi connectivity index (χ2n) is 5.75. The average Bonchev–Trinajstić information content (AvgIpc) is 2.88. The number of primary sulfonamides is 1. The third kappa shape index (κ3) is 3.97. The SMILES string of the molecule is Cc1cccc(C(CSc2nc3cc(C)ccc3s2)S(N)(=O)=O)c1. The molecule has 1 aromatic heterocycles.